The first-order valence-corrected chi connectivity index (χ1v) is 5.26. The van der Waals surface area contributed by atoms with Gasteiger partial charge in [-0.05, 0) is 30.0 Å². The maximum absolute atomic E-state index is 12.7. The molecule has 1 rings (SSSR count). The number of benzene rings is 1. The largest absolute Gasteiger partial charge is 0.207 e. The fourth-order valence-corrected chi connectivity index (χ4v) is 1.70. The monoisotopic (exact) mass is 193 g/mol. The molecule has 0 aliphatic carbocycles. The van der Waals surface area contributed by atoms with Gasteiger partial charge in [-0.25, -0.2) is 4.39 Å². The zero-order valence-corrected chi connectivity index (χ0v) is 9.18. The van der Waals surface area contributed by atoms with Gasteiger partial charge in [0.15, 0.2) is 0 Å². The molecule has 0 N–H and O–H groups in total. The van der Waals surface area contributed by atoms with Crippen LogP contribution in [0.2, 0.25) is 0 Å². The van der Waals surface area contributed by atoms with Crippen molar-refractivity contribution in [2.45, 2.75) is 33.6 Å². The Morgan fingerprint density at radius 2 is 1.79 bits per heavy atom. The molecule has 14 heavy (non-hydrogen) atoms. The van der Waals surface area contributed by atoms with Crippen LogP contribution in [0.25, 0.3) is 0 Å². The second kappa shape index (κ2) is 5.14. The summed E-state index contributed by atoms with van der Waals surface area (Å²) in [5.41, 5.74) is 1.18. The first-order valence-electron chi connectivity index (χ1n) is 5.26. The van der Waals surface area contributed by atoms with Gasteiger partial charge in [0.25, 0.3) is 0 Å². The molecule has 0 saturated heterocycles. The summed E-state index contributed by atoms with van der Waals surface area (Å²) >= 11 is 0. The van der Waals surface area contributed by atoms with Crippen molar-refractivity contribution in [3.8, 4) is 0 Å². The van der Waals surface area contributed by atoms with Crippen LogP contribution in [0.15, 0.2) is 24.3 Å². The highest BCUT2D eigenvalue weighted by Crippen LogP contribution is 2.27. The van der Waals surface area contributed by atoms with E-state index in [1.807, 2.05) is 12.1 Å². The topological polar surface area (TPSA) is 0 Å². The van der Waals surface area contributed by atoms with Gasteiger partial charge in [-0.1, -0.05) is 39.3 Å². The van der Waals surface area contributed by atoms with Gasteiger partial charge in [0, 0.05) is 5.92 Å². The predicted molar refractivity (Wildman–Crippen MR) is 58.5 cm³/mol. The first-order chi connectivity index (χ1) is 6.65. The van der Waals surface area contributed by atoms with Crippen LogP contribution in [-0.4, -0.2) is 0 Å². The third-order valence-electron chi connectivity index (χ3n) is 2.43. The first kappa shape index (κ1) is 11.2. The van der Waals surface area contributed by atoms with Crippen LogP contribution in [0, 0.1) is 17.7 Å². The average Bonchev–Trinajstić information content (AvgIpc) is 2.15. The zero-order valence-electron chi connectivity index (χ0n) is 9.18. The van der Waals surface area contributed by atoms with E-state index in [9.17, 15) is 4.39 Å². The fraction of sp³-hybridized carbons (Fsp3) is 0.462. The van der Waals surface area contributed by atoms with E-state index in [1.165, 1.54) is 23.6 Å². The highest BCUT2D eigenvalue weighted by atomic mass is 19.1. The number of halogens is 1. The van der Waals surface area contributed by atoms with Gasteiger partial charge in [0.05, 0.1) is 0 Å². The highest BCUT2D eigenvalue weighted by molar-refractivity contribution is 5.31. The van der Waals surface area contributed by atoms with Gasteiger partial charge in [-0.2, -0.15) is 0 Å². The minimum Gasteiger partial charge on any atom is -0.207 e. The molecule has 1 aromatic carbocycles. The quantitative estimate of drug-likeness (QED) is 0.672. The molecule has 1 heteroatoms. The van der Waals surface area contributed by atoms with Crippen molar-refractivity contribution in [2.75, 3.05) is 0 Å². The van der Waals surface area contributed by atoms with Gasteiger partial charge in [0.1, 0.15) is 5.82 Å². The molecule has 0 unspecified atom stereocenters. The van der Waals surface area contributed by atoms with Crippen molar-refractivity contribution < 1.29 is 4.39 Å². The summed E-state index contributed by atoms with van der Waals surface area (Å²) < 4.78 is 12.7. The number of hydrogen-bond donors (Lipinski definition) is 0. The Morgan fingerprint density at radius 3 is 2.21 bits per heavy atom. The van der Waals surface area contributed by atoms with E-state index in [0.29, 0.717) is 5.92 Å². The maximum Gasteiger partial charge on any atom is 0.123 e. The Hall–Kier alpha value is -0.850. The van der Waals surface area contributed by atoms with Gasteiger partial charge in [-0.15, -0.1) is 0 Å². The molecule has 0 aromatic heterocycles. The molecule has 0 aliphatic rings. The van der Waals surface area contributed by atoms with E-state index < -0.39 is 0 Å². The van der Waals surface area contributed by atoms with E-state index in [4.69, 9.17) is 0 Å². The lowest BCUT2D eigenvalue weighted by Gasteiger charge is -2.19. The minimum absolute atomic E-state index is 0.159. The van der Waals surface area contributed by atoms with Gasteiger partial charge in [-0.3, -0.25) is 0 Å². The van der Waals surface area contributed by atoms with E-state index in [2.05, 4.69) is 20.8 Å². The summed E-state index contributed by atoms with van der Waals surface area (Å²) in [5, 5.41) is 0. The molecular formula is C13H18F. The Kier molecular flexibility index (Phi) is 4.12. The molecule has 0 atom stereocenters. The van der Waals surface area contributed by atoms with Crippen LogP contribution in [-0.2, 0) is 0 Å². The van der Waals surface area contributed by atoms with Crippen LogP contribution in [0.5, 0.6) is 0 Å². The smallest absolute Gasteiger partial charge is 0.123 e. The summed E-state index contributed by atoms with van der Waals surface area (Å²) in [5.74, 6) is 1.81. The molecule has 0 saturated carbocycles. The van der Waals surface area contributed by atoms with Crippen molar-refractivity contribution in [2.24, 2.45) is 5.92 Å². The van der Waals surface area contributed by atoms with Crippen LogP contribution in [0.4, 0.5) is 4.39 Å². The average molecular weight is 193 g/mol. The van der Waals surface area contributed by atoms with E-state index in [-0.39, 0.29) is 5.82 Å². The second-order valence-corrected chi connectivity index (χ2v) is 3.94. The van der Waals surface area contributed by atoms with Crippen LogP contribution in [0.1, 0.15) is 39.2 Å². The summed E-state index contributed by atoms with van der Waals surface area (Å²) in [4.78, 5) is 0. The fourth-order valence-electron chi connectivity index (χ4n) is 1.70. The van der Waals surface area contributed by atoms with Crippen LogP contribution >= 0.6 is 0 Å². The summed E-state index contributed by atoms with van der Waals surface area (Å²) in [6, 6.07) is 6.82. The Balaban J connectivity index is 2.82. The Bertz CT molecular complexity index is 261. The molecule has 1 aromatic rings. The second-order valence-electron chi connectivity index (χ2n) is 3.94. The van der Waals surface area contributed by atoms with Crippen molar-refractivity contribution in [1.29, 1.82) is 0 Å². The van der Waals surface area contributed by atoms with Gasteiger partial charge in [0.2, 0.25) is 0 Å². The lowest BCUT2D eigenvalue weighted by molar-refractivity contribution is 0.610. The molecule has 0 bridgehead atoms. The molecule has 1 radical (unpaired) electrons. The lowest BCUT2D eigenvalue weighted by Crippen LogP contribution is -2.07. The van der Waals surface area contributed by atoms with Crippen molar-refractivity contribution in [3.63, 3.8) is 0 Å². The Labute approximate surface area is 86.2 Å². The van der Waals surface area contributed by atoms with Gasteiger partial charge < -0.3 is 0 Å². The van der Waals surface area contributed by atoms with Crippen molar-refractivity contribution in [3.05, 3.63) is 41.6 Å². The molecule has 0 amide bonds. The molecule has 0 spiro atoms. The summed E-state index contributed by atoms with van der Waals surface area (Å²) in [6.07, 6.45) is 2.24. The highest BCUT2D eigenvalue weighted by Gasteiger charge is 2.15. The van der Waals surface area contributed by atoms with Crippen molar-refractivity contribution in [1.82, 2.24) is 0 Å². The summed E-state index contributed by atoms with van der Waals surface area (Å²) in [7, 11) is 0. The molecule has 0 fully saturated rings. The molecule has 77 valence electrons. The van der Waals surface area contributed by atoms with Gasteiger partial charge >= 0.3 is 0 Å². The van der Waals surface area contributed by atoms with E-state index in [0.717, 1.165) is 12.8 Å². The predicted octanol–water partition coefficient (Wildman–Crippen LogP) is 4.20. The SMILES string of the molecule is CCC[C](c1ccc(F)cc1)C(C)C. The normalized spacial score (nSPS) is 11.3. The molecule has 0 heterocycles. The third-order valence-corrected chi connectivity index (χ3v) is 2.43. The maximum atomic E-state index is 12.7. The Morgan fingerprint density at radius 1 is 1.21 bits per heavy atom. The molecular weight excluding hydrogens is 175 g/mol. The summed E-state index contributed by atoms with van der Waals surface area (Å²) in [6.45, 7) is 6.55. The van der Waals surface area contributed by atoms with Crippen molar-refractivity contribution >= 4 is 0 Å². The number of rotatable bonds is 4. The van der Waals surface area contributed by atoms with Crippen LogP contribution in [0.3, 0.4) is 0 Å². The number of hydrogen-bond acceptors (Lipinski definition) is 0. The lowest BCUT2D eigenvalue weighted by atomic mass is 9.85. The molecule has 0 nitrogen and oxygen atoms in total. The molecule has 0 aliphatic heterocycles. The van der Waals surface area contributed by atoms with E-state index >= 15 is 0 Å². The van der Waals surface area contributed by atoms with Crippen LogP contribution < -0.4 is 0 Å². The minimum atomic E-state index is -0.159. The third kappa shape index (κ3) is 2.83. The van der Waals surface area contributed by atoms with E-state index in [1.54, 1.807) is 0 Å². The standard InChI is InChI=1S/C13H18F/c1-4-5-13(10(2)3)11-6-8-12(14)9-7-11/h6-10H,4-5H2,1-3H3. The zero-order chi connectivity index (χ0) is 10.6.